The Labute approximate surface area is 108 Å². The molecular weight excluding hydrogens is 290 g/mol. The summed E-state index contributed by atoms with van der Waals surface area (Å²) in [6.45, 7) is 2.65. The van der Waals surface area contributed by atoms with E-state index in [9.17, 15) is 8.42 Å². The maximum atomic E-state index is 12.0. The fourth-order valence-electron chi connectivity index (χ4n) is 2.04. The summed E-state index contributed by atoms with van der Waals surface area (Å²) in [4.78, 5) is 0. The van der Waals surface area contributed by atoms with Crippen LogP contribution in [-0.2, 0) is 10.0 Å². The maximum absolute atomic E-state index is 12.0. The van der Waals surface area contributed by atoms with Crippen molar-refractivity contribution in [3.63, 3.8) is 0 Å². The van der Waals surface area contributed by atoms with E-state index in [4.69, 9.17) is 0 Å². The zero-order chi connectivity index (χ0) is 12.0. The van der Waals surface area contributed by atoms with Gasteiger partial charge in [-0.2, -0.15) is 0 Å². The minimum absolute atomic E-state index is 0.141. The molecule has 0 saturated heterocycles. The van der Waals surface area contributed by atoms with Crippen LogP contribution >= 0.6 is 15.9 Å². The van der Waals surface area contributed by atoms with Crippen LogP contribution in [0.15, 0.2) is 0 Å². The molecule has 1 rings (SSSR count). The standard InChI is InChI=1S/C11H22BrNO2S/c1-10(7-8-12)9-13-16(14,15)11-5-3-2-4-6-11/h10-11,13H,2-9H2,1H3. The first-order chi connectivity index (χ1) is 7.56. The minimum Gasteiger partial charge on any atom is -0.215 e. The predicted octanol–water partition coefficient (Wildman–Crippen LogP) is 2.66. The van der Waals surface area contributed by atoms with Crippen molar-refractivity contribution in [3.05, 3.63) is 0 Å². The topological polar surface area (TPSA) is 46.2 Å². The van der Waals surface area contributed by atoms with E-state index in [0.29, 0.717) is 12.5 Å². The second kappa shape index (κ2) is 6.97. The van der Waals surface area contributed by atoms with E-state index < -0.39 is 10.0 Å². The van der Waals surface area contributed by atoms with Gasteiger partial charge in [0, 0.05) is 11.9 Å². The van der Waals surface area contributed by atoms with Gasteiger partial charge in [-0.3, -0.25) is 0 Å². The third-order valence-corrected chi connectivity index (χ3v) is 5.60. The first-order valence-corrected chi connectivity index (χ1v) is 8.77. The van der Waals surface area contributed by atoms with E-state index in [1.54, 1.807) is 0 Å². The van der Waals surface area contributed by atoms with Crippen LogP contribution < -0.4 is 4.72 Å². The molecule has 5 heteroatoms. The third-order valence-electron chi connectivity index (χ3n) is 3.23. The first kappa shape index (κ1) is 14.5. The second-order valence-electron chi connectivity index (χ2n) is 4.74. The van der Waals surface area contributed by atoms with Crippen LogP contribution in [-0.4, -0.2) is 25.5 Å². The average molecular weight is 312 g/mol. The quantitative estimate of drug-likeness (QED) is 0.767. The molecule has 1 aliphatic rings. The number of hydrogen-bond acceptors (Lipinski definition) is 2. The lowest BCUT2D eigenvalue weighted by atomic mass is 10.0. The van der Waals surface area contributed by atoms with E-state index >= 15 is 0 Å². The molecule has 0 aromatic carbocycles. The largest absolute Gasteiger partial charge is 0.215 e. The van der Waals surface area contributed by atoms with Crippen LogP contribution in [0.4, 0.5) is 0 Å². The predicted molar refractivity (Wildman–Crippen MR) is 71.4 cm³/mol. The molecule has 1 atom stereocenters. The van der Waals surface area contributed by atoms with Gasteiger partial charge in [-0.1, -0.05) is 42.1 Å². The van der Waals surface area contributed by atoms with Gasteiger partial charge in [-0.25, -0.2) is 13.1 Å². The van der Waals surface area contributed by atoms with Crippen molar-refractivity contribution in [2.24, 2.45) is 5.92 Å². The zero-order valence-electron chi connectivity index (χ0n) is 9.91. The van der Waals surface area contributed by atoms with Crippen molar-refractivity contribution in [2.75, 3.05) is 11.9 Å². The van der Waals surface area contributed by atoms with E-state index in [1.807, 2.05) is 0 Å². The van der Waals surface area contributed by atoms with Crippen molar-refractivity contribution in [2.45, 2.75) is 50.7 Å². The fraction of sp³-hybridized carbons (Fsp3) is 1.00. The molecule has 0 heterocycles. The highest BCUT2D eigenvalue weighted by Gasteiger charge is 2.26. The Bertz CT molecular complexity index is 286. The Hall–Kier alpha value is 0.390. The van der Waals surface area contributed by atoms with Gasteiger partial charge in [0.05, 0.1) is 5.25 Å². The molecule has 1 unspecified atom stereocenters. The normalized spacial score (nSPS) is 20.9. The lowest BCUT2D eigenvalue weighted by Crippen LogP contribution is -2.37. The van der Waals surface area contributed by atoms with E-state index in [2.05, 4.69) is 27.6 Å². The maximum Gasteiger partial charge on any atom is 0.214 e. The fourth-order valence-corrected chi connectivity index (χ4v) is 4.53. The molecule has 1 saturated carbocycles. The van der Waals surface area contributed by atoms with Gasteiger partial charge in [0.2, 0.25) is 10.0 Å². The number of halogens is 1. The summed E-state index contributed by atoms with van der Waals surface area (Å²) in [7, 11) is -3.06. The Morgan fingerprint density at radius 3 is 2.50 bits per heavy atom. The summed E-state index contributed by atoms with van der Waals surface area (Å²) in [6.07, 6.45) is 5.98. The van der Waals surface area contributed by atoms with Crippen molar-refractivity contribution < 1.29 is 8.42 Å². The molecule has 0 aliphatic heterocycles. The van der Waals surface area contributed by atoms with Crippen LogP contribution in [0.3, 0.4) is 0 Å². The van der Waals surface area contributed by atoms with Crippen molar-refractivity contribution >= 4 is 26.0 Å². The zero-order valence-corrected chi connectivity index (χ0v) is 12.3. The van der Waals surface area contributed by atoms with Crippen LogP contribution in [0.25, 0.3) is 0 Å². The number of nitrogens with one attached hydrogen (secondary N) is 1. The molecule has 16 heavy (non-hydrogen) atoms. The highest BCUT2D eigenvalue weighted by molar-refractivity contribution is 9.09. The first-order valence-electron chi connectivity index (χ1n) is 6.10. The molecule has 0 aromatic rings. The van der Waals surface area contributed by atoms with Crippen LogP contribution in [0.1, 0.15) is 45.4 Å². The van der Waals surface area contributed by atoms with Crippen molar-refractivity contribution in [3.8, 4) is 0 Å². The molecule has 0 spiro atoms. The van der Waals surface area contributed by atoms with Gasteiger partial charge in [0.15, 0.2) is 0 Å². The van der Waals surface area contributed by atoms with Crippen molar-refractivity contribution in [1.29, 1.82) is 0 Å². The van der Waals surface area contributed by atoms with Gasteiger partial charge in [0.1, 0.15) is 0 Å². The van der Waals surface area contributed by atoms with E-state index in [1.165, 1.54) is 6.42 Å². The molecule has 1 fully saturated rings. The summed E-state index contributed by atoms with van der Waals surface area (Å²) in [5.41, 5.74) is 0. The smallest absolute Gasteiger partial charge is 0.214 e. The monoisotopic (exact) mass is 311 g/mol. The summed E-state index contributed by atoms with van der Waals surface area (Å²) >= 11 is 3.37. The second-order valence-corrected chi connectivity index (χ2v) is 7.57. The molecule has 0 aromatic heterocycles. The summed E-state index contributed by atoms with van der Waals surface area (Å²) in [5, 5.41) is 0.789. The third kappa shape index (κ3) is 4.72. The van der Waals surface area contributed by atoms with Crippen LogP contribution in [0, 0.1) is 5.92 Å². The molecule has 1 N–H and O–H groups in total. The Balaban J connectivity index is 2.38. The van der Waals surface area contributed by atoms with E-state index in [-0.39, 0.29) is 5.25 Å². The number of alkyl halides is 1. The Morgan fingerprint density at radius 2 is 1.94 bits per heavy atom. The van der Waals surface area contributed by atoms with Crippen molar-refractivity contribution in [1.82, 2.24) is 4.72 Å². The van der Waals surface area contributed by atoms with Gasteiger partial charge in [-0.05, 0) is 25.2 Å². The SMILES string of the molecule is CC(CCBr)CNS(=O)(=O)C1CCCCC1. The lowest BCUT2D eigenvalue weighted by molar-refractivity contribution is 0.469. The van der Waals surface area contributed by atoms with Gasteiger partial charge >= 0.3 is 0 Å². The van der Waals surface area contributed by atoms with Gasteiger partial charge in [-0.15, -0.1) is 0 Å². The van der Waals surface area contributed by atoms with E-state index in [0.717, 1.165) is 37.4 Å². The molecule has 3 nitrogen and oxygen atoms in total. The lowest BCUT2D eigenvalue weighted by Gasteiger charge is -2.22. The number of rotatable bonds is 6. The Kier molecular flexibility index (Phi) is 6.29. The Morgan fingerprint density at radius 1 is 1.31 bits per heavy atom. The number of sulfonamides is 1. The molecular formula is C11H22BrNO2S. The molecule has 0 bridgehead atoms. The molecule has 1 aliphatic carbocycles. The van der Waals surface area contributed by atoms with Crippen LogP contribution in [0.5, 0.6) is 0 Å². The molecule has 0 amide bonds. The summed E-state index contributed by atoms with van der Waals surface area (Å²) < 4.78 is 26.7. The number of hydrogen-bond donors (Lipinski definition) is 1. The average Bonchev–Trinajstić information content (AvgIpc) is 2.28. The minimum atomic E-state index is -3.06. The molecule has 96 valence electrons. The van der Waals surface area contributed by atoms with Gasteiger partial charge in [0.25, 0.3) is 0 Å². The highest BCUT2D eigenvalue weighted by atomic mass is 79.9. The van der Waals surface area contributed by atoms with Gasteiger partial charge < -0.3 is 0 Å². The summed E-state index contributed by atoms with van der Waals surface area (Å²) in [5.74, 6) is 0.401. The summed E-state index contributed by atoms with van der Waals surface area (Å²) in [6, 6.07) is 0. The highest BCUT2D eigenvalue weighted by Crippen LogP contribution is 2.23. The van der Waals surface area contributed by atoms with Crippen LogP contribution in [0.2, 0.25) is 0 Å². The molecule has 0 radical (unpaired) electrons.